The Labute approximate surface area is 110 Å². The van der Waals surface area contributed by atoms with Gasteiger partial charge in [0.25, 0.3) is 5.91 Å². The van der Waals surface area contributed by atoms with Crippen LogP contribution in [0.25, 0.3) is 10.9 Å². The van der Waals surface area contributed by atoms with Gasteiger partial charge in [0.15, 0.2) is 0 Å². The first-order valence-corrected chi connectivity index (χ1v) is 6.84. The highest BCUT2D eigenvalue weighted by atomic mass is 32.2. The van der Waals surface area contributed by atoms with Crippen LogP contribution >= 0.6 is 11.8 Å². The van der Waals surface area contributed by atoms with Gasteiger partial charge in [-0.15, -0.1) is 18.2 Å². The predicted octanol–water partition coefficient (Wildman–Crippen LogP) is 2.26. The monoisotopic (exact) mass is 258 g/mol. The Hall–Kier alpha value is -1.86. The summed E-state index contributed by atoms with van der Waals surface area (Å²) in [6.45, 7) is 0.630. The standard InChI is InChI=1S/C14H14N2OS/c1-2-8-18-9-7-15-14(17)12-10-16-13-6-4-3-5-11(12)13/h1,3-6,10,16H,7-9H2,(H,15,17). The first-order chi connectivity index (χ1) is 8.83. The molecule has 0 saturated heterocycles. The van der Waals surface area contributed by atoms with E-state index in [0.29, 0.717) is 17.9 Å². The van der Waals surface area contributed by atoms with Crippen LogP contribution in [0.1, 0.15) is 10.4 Å². The maximum absolute atomic E-state index is 12.0. The zero-order chi connectivity index (χ0) is 12.8. The molecule has 0 atom stereocenters. The van der Waals surface area contributed by atoms with E-state index >= 15 is 0 Å². The van der Waals surface area contributed by atoms with Crippen molar-refractivity contribution in [3.63, 3.8) is 0 Å². The van der Waals surface area contributed by atoms with E-state index in [-0.39, 0.29) is 5.91 Å². The summed E-state index contributed by atoms with van der Waals surface area (Å²) in [6, 6.07) is 7.76. The van der Waals surface area contributed by atoms with E-state index in [4.69, 9.17) is 6.42 Å². The minimum absolute atomic E-state index is 0.0474. The average molecular weight is 258 g/mol. The zero-order valence-electron chi connectivity index (χ0n) is 9.90. The summed E-state index contributed by atoms with van der Waals surface area (Å²) in [7, 11) is 0. The second-order valence-electron chi connectivity index (χ2n) is 3.76. The van der Waals surface area contributed by atoms with E-state index in [0.717, 1.165) is 16.7 Å². The van der Waals surface area contributed by atoms with Crippen LogP contribution in [-0.2, 0) is 0 Å². The number of aromatic amines is 1. The van der Waals surface area contributed by atoms with E-state index in [2.05, 4.69) is 16.2 Å². The van der Waals surface area contributed by atoms with Crippen LogP contribution in [0.4, 0.5) is 0 Å². The number of thioether (sulfide) groups is 1. The van der Waals surface area contributed by atoms with Crippen molar-refractivity contribution >= 4 is 28.6 Å². The van der Waals surface area contributed by atoms with Gasteiger partial charge in [0.2, 0.25) is 0 Å². The number of hydrogen-bond acceptors (Lipinski definition) is 2. The molecular weight excluding hydrogens is 244 g/mol. The van der Waals surface area contributed by atoms with Crippen LogP contribution in [0.2, 0.25) is 0 Å². The Morgan fingerprint density at radius 3 is 3.11 bits per heavy atom. The molecule has 0 aliphatic carbocycles. The molecular formula is C14H14N2OS. The van der Waals surface area contributed by atoms with Crippen molar-refractivity contribution in [1.29, 1.82) is 0 Å². The van der Waals surface area contributed by atoms with E-state index < -0.39 is 0 Å². The molecule has 2 aromatic rings. The lowest BCUT2D eigenvalue weighted by Crippen LogP contribution is -2.25. The molecule has 0 saturated carbocycles. The second-order valence-corrected chi connectivity index (χ2v) is 4.87. The normalized spacial score (nSPS) is 10.2. The van der Waals surface area contributed by atoms with Gasteiger partial charge in [0.05, 0.1) is 11.3 Å². The van der Waals surface area contributed by atoms with Crippen molar-refractivity contribution in [2.24, 2.45) is 0 Å². The molecule has 0 bridgehead atoms. The van der Waals surface area contributed by atoms with Crippen molar-refractivity contribution < 1.29 is 4.79 Å². The molecule has 0 spiro atoms. The Balaban J connectivity index is 1.95. The third-order valence-corrected chi connectivity index (χ3v) is 3.41. The predicted molar refractivity (Wildman–Crippen MR) is 76.8 cm³/mol. The number of H-pyrrole nitrogens is 1. The fraction of sp³-hybridized carbons (Fsp3) is 0.214. The third kappa shape index (κ3) is 2.88. The number of benzene rings is 1. The highest BCUT2D eigenvalue weighted by Crippen LogP contribution is 2.17. The number of para-hydroxylation sites is 1. The molecule has 3 nitrogen and oxygen atoms in total. The summed E-state index contributed by atoms with van der Waals surface area (Å²) in [4.78, 5) is 15.1. The van der Waals surface area contributed by atoms with Crippen LogP contribution in [0.5, 0.6) is 0 Å². The summed E-state index contributed by atoms with van der Waals surface area (Å²) in [5, 5.41) is 3.84. The van der Waals surface area contributed by atoms with Crippen LogP contribution in [0.3, 0.4) is 0 Å². The molecule has 2 rings (SSSR count). The molecule has 1 aromatic carbocycles. The van der Waals surface area contributed by atoms with E-state index in [9.17, 15) is 4.79 Å². The van der Waals surface area contributed by atoms with E-state index in [1.165, 1.54) is 0 Å². The van der Waals surface area contributed by atoms with Gasteiger partial charge in [0.1, 0.15) is 0 Å². The van der Waals surface area contributed by atoms with Gasteiger partial charge in [-0.25, -0.2) is 0 Å². The van der Waals surface area contributed by atoms with Crippen molar-refractivity contribution in [2.75, 3.05) is 18.1 Å². The largest absolute Gasteiger partial charge is 0.360 e. The van der Waals surface area contributed by atoms with Crippen molar-refractivity contribution in [3.8, 4) is 12.3 Å². The van der Waals surface area contributed by atoms with Gasteiger partial charge >= 0.3 is 0 Å². The van der Waals surface area contributed by atoms with Gasteiger partial charge in [-0.3, -0.25) is 4.79 Å². The minimum Gasteiger partial charge on any atom is -0.360 e. The number of carbonyl (C=O) groups excluding carboxylic acids is 1. The number of carbonyl (C=O) groups is 1. The lowest BCUT2D eigenvalue weighted by Gasteiger charge is -2.03. The fourth-order valence-corrected chi connectivity index (χ4v) is 2.23. The third-order valence-electron chi connectivity index (χ3n) is 2.55. The van der Waals surface area contributed by atoms with Gasteiger partial charge in [-0.1, -0.05) is 24.1 Å². The lowest BCUT2D eigenvalue weighted by molar-refractivity contribution is 0.0958. The minimum atomic E-state index is -0.0474. The summed E-state index contributed by atoms with van der Waals surface area (Å²) < 4.78 is 0. The fourth-order valence-electron chi connectivity index (χ4n) is 1.72. The van der Waals surface area contributed by atoms with Gasteiger partial charge < -0.3 is 10.3 Å². The van der Waals surface area contributed by atoms with Crippen molar-refractivity contribution in [1.82, 2.24) is 10.3 Å². The molecule has 1 amide bonds. The molecule has 1 heterocycles. The molecule has 0 unspecified atom stereocenters. The van der Waals surface area contributed by atoms with Crippen molar-refractivity contribution in [3.05, 3.63) is 36.0 Å². The Morgan fingerprint density at radius 1 is 1.44 bits per heavy atom. The number of aromatic nitrogens is 1. The Bertz CT molecular complexity index is 583. The second kappa shape index (κ2) is 6.18. The zero-order valence-corrected chi connectivity index (χ0v) is 10.7. The van der Waals surface area contributed by atoms with E-state index in [1.807, 2.05) is 24.3 Å². The van der Waals surface area contributed by atoms with Crippen molar-refractivity contribution in [2.45, 2.75) is 0 Å². The molecule has 0 aliphatic rings. The quantitative estimate of drug-likeness (QED) is 0.638. The van der Waals surface area contributed by atoms with Crippen LogP contribution in [0, 0.1) is 12.3 Å². The molecule has 92 valence electrons. The summed E-state index contributed by atoms with van der Waals surface area (Å²) in [6.07, 6.45) is 6.89. The maximum Gasteiger partial charge on any atom is 0.253 e. The van der Waals surface area contributed by atoms with Crippen LogP contribution in [-0.4, -0.2) is 28.9 Å². The Morgan fingerprint density at radius 2 is 2.28 bits per heavy atom. The molecule has 18 heavy (non-hydrogen) atoms. The molecule has 0 radical (unpaired) electrons. The highest BCUT2D eigenvalue weighted by molar-refractivity contribution is 7.99. The van der Waals surface area contributed by atoms with Gasteiger partial charge in [-0.2, -0.15) is 0 Å². The summed E-state index contributed by atoms with van der Waals surface area (Å²) >= 11 is 1.64. The lowest BCUT2D eigenvalue weighted by atomic mass is 10.1. The number of fused-ring (bicyclic) bond motifs is 1. The molecule has 1 aromatic heterocycles. The maximum atomic E-state index is 12.0. The highest BCUT2D eigenvalue weighted by Gasteiger charge is 2.10. The first kappa shape index (κ1) is 12.6. The van der Waals surface area contributed by atoms with E-state index in [1.54, 1.807) is 18.0 Å². The summed E-state index contributed by atoms with van der Waals surface area (Å²) in [5.41, 5.74) is 1.66. The molecule has 0 fully saturated rings. The van der Waals surface area contributed by atoms with Gasteiger partial charge in [-0.05, 0) is 6.07 Å². The smallest absolute Gasteiger partial charge is 0.253 e. The SMILES string of the molecule is C#CCSCCNC(=O)c1c[nH]c2ccccc12. The number of amides is 1. The molecule has 4 heteroatoms. The topological polar surface area (TPSA) is 44.9 Å². The Kier molecular flexibility index (Phi) is 4.32. The van der Waals surface area contributed by atoms with Gasteiger partial charge in [0, 0.05) is 29.4 Å². The molecule has 2 N–H and O–H groups in total. The average Bonchev–Trinajstić information content (AvgIpc) is 2.82. The summed E-state index contributed by atoms with van der Waals surface area (Å²) in [5.74, 6) is 4.02. The number of terminal acetylenes is 1. The molecule has 0 aliphatic heterocycles. The number of nitrogens with one attached hydrogen (secondary N) is 2. The van der Waals surface area contributed by atoms with Crippen LogP contribution in [0.15, 0.2) is 30.5 Å². The number of hydrogen-bond donors (Lipinski definition) is 2. The van der Waals surface area contributed by atoms with Crippen LogP contribution < -0.4 is 5.32 Å². The first-order valence-electron chi connectivity index (χ1n) is 5.68. The number of rotatable bonds is 5.